The van der Waals surface area contributed by atoms with Gasteiger partial charge in [0.1, 0.15) is 6.61 Å². The van der Waals surface area contributed by atoms with E-state index in [4.69, 9.17) is 32.7 Å². The van der Waals surface area contributed by atoms with E-state index < -0.39 is 0 Å². The number of methoxy groups -OCH3 is 1. The minimum Gasteiger partial charge on any atom is -0.493 e. The van der Waals surface area contributed by atoms with Crippen LogP contribution in [0.1, 0.15) is 10.4 Å². The first-order chi connectivity index (χ1) is 8.72. The molecule has 2 rings (SSSR count). The van der Waals surface area contributed by atoms with Gasteiger partial charge in [-0.05, 0) is 29.8 Å². The minimum absolute atomic E-state index is 0.450. The summed E-state index contributed by atoms with van der Waals surface area (Å²) in [4.78, 5) is 1.07. The molecule has 1 aromatic carbocycles. The fourth-order valence-electron chi connectivity index (χ4n) is 1.50. The third-order valence-corrected chi connectivity index (χ3v) is 3.89. The first kappa shape index (κ1) is 13.5. The summed E-state index contributed by atoms with van der Waals surface area (Å²) in [5.74, 6) is 1.84. The summed E-state index contributed by atoms with van der Waals surface area (Å²) in [5.41, 5.74) is 0.997. The average molecular weight is 303 g/mol. The lowest BCUT2D eigenvalue weighted by molar-refractivity contribution is 0.287. The average Bonchev–Trinajstić information content (AvgIpc) is 2.81. The normalized spacial score (nSPS) is 10.4. The molecule has 0 atom stereocenters. The van der Waals surface area contributed by atoms with Crippen molar-refractivity contribution in [2.45, 2.75) is 12.5 Å². The van der Waals surface area contributed by atoms with Crippen LogP contribution < -0.4 is 9.47 Å². The van der Waals surface area contributed by atoms with Gasteiger partial charge in [-0.2, -0.15) is 0 Å². The molecule has 0 aliphatic carbocycles. The number of hydrogen-bond donors (Lipinski definition) is 0. The molecule has 2 nitrogen and oxygen atoms in total. The van der Waals surface area contributed by atoms with Crippen LogP contribution in [0.3, 0.4) is 0 Å². The van der Waals surface area contributed by atoms with Crippen LogP contribution in [0.25, 0.3) is 0 Å². The quantitative estimate of drug-likeness (QED) is 0.744. The van der Waals surface area contributed by atoms with E-state index in [1.807, 2.05) is 30.3 Å². The fourth-order valence-corrected chi connectivity index (χ4v) is 2.66. The van der Waals surface area contributed by atoms with Crippen molar-refractivity contribution in [3.63, 3.8) is 0 Å². The van der Waals surface area contributed by atoms with Gasteiger partial charge in [-0.3, -0.25) is 0 Å². The van der Waals surface area contributed by atoms with E-state index in [0.717, 1.165) is 14.8 Å². The van der Waals surface area contributed by atoms with Gasteiger partial charge in [-0.1, -0.05) is 17.7 Å². The van der Waals surface area contributed by atoms with Crippen LogP contribution >= 0.6 is 34.5 Å². The zero-order valence-electron chi connectivity index (χ0n) is 9.78. The van der Waals surface area contributed by atoms with E-state index in [-0.39, 0.29) is 0 Å². The molecule has 0 radical (unpaired) electrons. The lowest BCUT2D eigenvalue weighted by atomic mass is 10.2. The summed E-state index contributed by atoms with van der Waals surface area (Å²) >= 11 is 13.2. The van der Waals surface area contributed by atoms with E-state index in [1.165, 1.54) is 11.3 Å². The zero-order valence-corrected chi connectivity index (χ0v) is 12.1. The molecule has 0 bridgehead atoms. The van der Waals surface area contributed by atoms with E-state index in [1.54, 1.807) is 7.11 Å². The Balaban J connectivity index is 2.11. The van der Waals surface area contributed by atoms with Crippen LogP contribution in [0.2, 0.25) is 4.34 Å². The third kappa shape index (κ3) is 3.31. The maximum absolute atomic E-state index is 5.87. The molecule has 0 N–H and O–H groups in total. The number of thiophene rings is 1. The van der Waals surface area contributed by atoms with Crippen molar-refractivity contribution in [3.8, 4) is 11.5 Å². The van der Waals surface area contributed by atoms with E-state index in [2.05, 4.69) is 0 Å². The van der Waals surface area contributed by atoms with Crippen LogP contribution in [0.4, 0.5) is 0 Å². The highest BCUT2D eigenvalue weighted by Crippen LogP contribution is 2.30. The summed E-state index contributed by atoms with van der Waals surface area (Å²) in [6, 6.07) is 9.47. The number of ether oxygens (including phenoxy) is 2. The fraction of sp³-hybridized carbons (Fsp3) is 0.231. The van der Waals surface area contributed by atoms with Crippen LogP contribution in [0.5, 0.6) is 11.5 Å². The highest BCUT2D eigenvalue weighted by molar-refractivity contribution is 7.16. The molecule has 0 amide bonds. The van der Waals surface area contributed by atoms with E-state index in [9.17, 15) is 0 Å². The molecule has 18 heavy (non-hydrogen) atoms. The Morgan fingerprint density at radius 3 is 2.61 bits per heavy atom. The highest BCUT2D eigenvalue weighted by atomic mass is 35.5. The van der Waals surface area contributed by atoms with Gasteiger partial charge in [-0.15, -0.1) is 22.9 Å². The number of halogens is 2. The van der Waals surface area contributed by atoms with Gasteiger partial charge in [-0.25, -0.2) is 0 Å². The second-order valence-corrected chi connectivity index (χ2v) is 5.68. The molecule has 0 unspecified atom stereocenters. The topological polar surface area (TPSA) is 18.5 Å². The smallest absolute Gasteiger partial charge is 0.162 e. The second-order valence-electron chi connectivity index (χ2n) is 3.61. The number of rotatable bonds is 5. The Bertz CT molecular complexity index is 525. The van der Waals surface area contributed by atoms with Crippen LogP contribution in [0.15, 0.2) is 30.3 Å². The third-order valence-electron chi connectivity index (χ3n) is 2.38. The molecule has 0 spiro atoms. The molecule has 2 aromatic rings. The molecule has 5 heteroatoms. The van der Waals surface area contributed by atoms with Crippen molar-refractivity contribution < 1.29 is 9.47 Å². The van der Waals surface area contributed by atoms with Crippen molar-refractivity contribution in [2.24, 2.45) is 0 Å². The Morgan fingerprint density at radius 2 is 2.00 bits per heavy atom. The highest BCUT2D eigenvalue weighted by Gasteiger charge is 2.07. The van der Waals surface area contributed by atoms with Crippen LogP contribution in [-0.2, 0) is 12.5 Å². The lowest BCUT2D eigenvalue weighted by Crippen LogP contribution is -1.96. The molecule has 1 aromatic heterocycles. The molecular weight excluding hydrogens is 291 g/mol. The summed E-state index contributed by atoms with van der Waals surface area (Å²) in [6.45, 7) is 0.472. The molecule has 96 valence electrons. The van der Waals surface area contributed by atoms with E-state index >= 15 is 0 Å². The van der Waals surface area contributed by atoms with Crippen LogP contribution in [0, 0.1) is 0 Å². The molecule has 1 heterocycles. The van der Waals surface area contributed by atoms with Crippen molar-refractivity contribution >= 4 is 34.5 Å². The lowest BCUT2D eigenvalue weighted by Gasteiger charge is -2.11. The molecule has 0 aliphatic heterocycles. The Kier molecular flexibility index (Phi) is 4.75. The van der Waals surface area contributed by atoms with Crippen molar-refractivity contribution in [2.75, 3.05) is 7.11 Å². The molecule has 0 saturated carbocycles. The molecular formula is C13H12Cl2O2S. The first-order valence-electron chi connectivity index (χ1n) is 5.33. The van der Waals surface area contributed by atoms with Gasteiger partial charge in [0.25, 0.3) is 0 Å². The summed E-state index contributed by atoms with van der Waals surface area (Å²) < 4.78 is 11.7. The Morgan fingerprint density at radius 1 is 1.17 bits per heavy atom. The number of benzene rings is 1. The summed E-state index contributed by atoms with van der Waals surface area (Å²) in [7, 11) is 1.62. The number of alkyl halides is 1. The van der Waals surface area contributed by atoms with Crippen molar-refractivity contribution in [1.82, 2.24) is 0 Å². The van der Waals surface area contributed by atoms with Gasteiger partial charge in [0.15, 0.2) is 11.5 Å². The maximum atomic E-state index is 5.87. The Labute approximate surface area is 120 Å². The predicted octanol–water partition coefficient (Wildman–Crippen LogP) is 4.73. The SMILES string of the molecule is COc1ccc(CCl)cc1OCc1ccc(Cl)s1. The van der Waals surface area contributed by atoms with Gasteiger partial charge in [0, 0.05) is 10.8 Å². The summed E-state index contributed by atoms with van der Waals surface area (Å²) in [6.07, 6.45) is 0. The first-order valence-corrected chi connectivity index (χ1v) is 7.05. The Hall–Kier alpha value is -0.900. The maximum Gasteiger partial charge on any atom is 0.162 e. The minimum atomic E-state index is 0.450. The van der Waals surface area contributed by atoms with Gasteiger partial charge < -0.3 is 9.47 Å². The predicted molar refractivity (Wildman–Crippen MR) is 76.2 cm³/mol. The standard InChI is InChI=1S/C13H12Cl2O2S/c1-16-11-4-2-9(7-14)6-12(11)17-8-10-3-5-13(15)18-10/h2-6H,7-8H2,1H3. The molecule has 0 aliphatic rings. The van der Waals surface area contributed by atoms with Gasteiger partial charge >= 0.3 is 0 Å². The number of hydrogen-bond acceptors (Lipinski definition) is 3. The molecule has 0 saturated heterocycles. The molecule has 0 fully saturated rings. The largest absolute Gasteiger partial charge is 0.493 e. The summed E-state index contributed by atoms with van der Waals surface area (Å²) in [5, 5.41) is 0. The monoisotopic (exact) mass is 302 g/mol. The zero-order chi connectivity index (χ0) is 13.0. The van der Waals surface area contributed by atoms with E-state index in [0.29, 0.717) is 24.0 Å². The van der Waals surface area contributed by atoms with Crippen molar-refractivity contribution in [1.29, 1.82) is 0 Å². The van der Waals surface area contributed by atoms with Crippen LogP contribution in [-0.4, -0.2) is 7.11 Å². The van der Waals surface area contributed by atoms with Gasteiger partial charge in [0.05, 0.1) is 11.4 Å². The van der Waals surface area contributed by atoms with Gasteiger partial charge in [0.2, 0.25) is 0 Å². The van der Waals surface area contributed by atoms with Crippen molar-refractivity contribution in [3.05, 3.63) is 45.1 Å². The second kappa shape index (κ2) is 6.32.